The second-order valence-electron chi connectivity index (χ2n) is 5.36. The van der Waals surface area contributed by atoms with Gasteiger partial charge in [-0.3, -0.25) is 0 Å². The first kappa shape index (κ1) is 12.6. The molecule has 1 N–H and O–H groups in total. The molecule has 1 heterocycles. The van der Waals surface area contributed by atoms with Gasteiger partial charge in [0.15, 0.2) is 0 Å². The van der Waals surface area contributed by atoms with E-state index in [1.165, 1.54) is 24.0 Å². The summed E-state index contributed by atoms with van der Waals surface area (Å²) in [4.78, 5) is 0. The number of rotatable bonds is 3. The maximum Gasteiger partial charge on any atom is 0.0871 e. The Kier molecular flexibility index (Phi) is 3.85. The molecule has 0 atom stereocenters. The van der Waals surface area contributed by atoms with Gasteiger partial charge in [-0.1, -0.05) is 24.3 Å². The predicted octanol–water partition coefficient (Wildman–Crippen LogP) is 3.04. The van der Waals surface area contributed by atoms with Crippen molar-refractivity contribution < 1.29 is 4.74 Å². The van der Waals surface area contributed by atoms with Crippen LogP contribution in [0.5, 0.6) is 0 Å². The van der Waals surface area contributed by atoms with Crippen LogP contribution in [0.1, 0.15) is 43.7 Å². The molecule has 1 saturated heterocycles. The second-order valence-corrected chi connectivity index (χ2v) is 5.36. The van der Waals surface area contributed by atoms with Crippen LogP contribution in [0.2, 0.25) is 0 Å². The van der Waals surface area contributed by atoms with Crippen molar-refractivity contribution in [2.45, 2.75) is 38.2 Å². The molecule has 1 fully saturated rings. The summed E-state index contributed by atoms with van der Waals surface area (Å²) in [5, 5.41) is 3.42. The zero-order valence-electron chi connectivity index (χ0n) is 11.1. The predicted molar refractivity (Wildman–Crippen MR) is 71.3 cm³/mol. The lowest BCUT2D eigenvalue weighted by atomic mass is 9.87. The summed E-state index contributed by atoms with van der Waals surface area (Å²) in [6.45, 7) is 6.52. The van der Waals surface area contributed by atoms with E-state index in [1.54, 1.807) is 7.11 Å². The lowest BCUT2D eigenvalue weighted by molar-refractivity contribution is 0.0191. The van der Waals surface area contributed by atoms with E-state index in [0.29, 0.717) is 5.92 Å². The summed E-state index contributed by atoms with van der Waals surface area (Å²) in [7, 11) is 1.78. The van der Waals surface area contributed by atoms with E-state index < -0.39 is 0 Å². The zero-order chi connectivity index (χ0) is 12.3. The van der Waals surface area contributed by atoms with Crippen molar-refractivity contribution in [1.29, 1.82) is 0 Å². The summed E-state index contributed by atoms with van der Waals surface area (Å²) in [5.74, 6) is 0.712. The van der Waals surface area contributed by atoms with Crippen LogP contribution >= 0.6 is 0 Å². The van der Waals surface area contributed by atoms with Crippen molar-refractivity contribution in [1.82, 2.24) is 5.32 Å². The van der Waals surface area contributed by atoms with Crippen LogP contribution in [0.15, 0.2) is 24.3 Å². The summed E-state index contributed by atoms with van der Waals surface area (Å²) in [6, 6.07) is 8.90. The molecule has 0 bridgehead atoms. The van der Waals surface area contributed by atoms with Crippen LogP contribution in [-0.4, -0.2) is 20.2 Å². The first-order valence-corrected chi connectivity index (χ1v) is 6.50. The largest absolute Gasteiger partial charge is 0.374 e. The molecule has 2 nitrogen and oxygen atoms in total. The van der Waals surface area contributed by atoms with Crippen LogP contribution in [0.4, 0.5) is 0 Å². The van der Waals surface area contributed by atoms with E-state index in [2.05, 4.69) is 43.4 Å². The monoisotopic (exact) mass is 233 g/mol. The lowest BCUT2D eigenvalue weighted by Gasteiger charge is -2.27. The minimum atomic E-state index is -0.192. The quantitative estimate of drug-likeness (QED) is 0.866. The van der Waals surface area contributed by atoms with E-state index >= 15 is 0 Å². The van der Waals surface area contributed by atoms with Gasteiger partial charge < -0.3 is 10.1 Å². The van der Waals surface area contributed by atoms with Gasteiger partial charge in [0.25, 0.3) is 0 Å². The first-order valence-electron chi connectivity index (χ1n) is 6.50. The van der Waals surface area contributed by atoms with Crippen molar-refractivity contribution in [2.75, 3.05) is 20.2 Å². The maximum absolute atomic E-state index is 5.55. The molecule has 17 heavy (non-hydrogen) atoms. The van der Waals surface area contributed by atoms with Gasteiger partial charge in [-0.2, -0.15) is 0 Å². The summed E-state index contributed by atoms with van der Waals surface area (Å²) >= 11 is 0. The van der Waals surface area contributed by atoms with Crippen molar-refractivity contribution in [3.05, 3.63) is 35.4 Å². The summed E-state index contributed by atoms with van der Waals surface area (Å²) in [5.41, 5.74) is 2.55. The third-order valence-electron chi connectivity index (χ3n) is 3.90. The smallest absolute Gasteiger partial charge is 0.0871 e. The van der Waals surface area contributed by atoms with Crippen LogP contribution in [0.3, 0.4) is 0 Å². The van der Waals surface area contributed by atoms with Crippen molar-refractivity contribution in [3.63, 3.8) is 0 Å². The number of methoxy groups -OCH3 is 1. The molecule has 1 aromatic carbocycles. The molecule has 1 aliphatic rings. The molecule has 0 amide bonds. The molecule has 0 spiro atoms. The fraction of sp³-hybridized carbons (Fsp3) is 0.600. The highest BCUT2D eigenvalue weighted by Gasteiger charge is 2.21. The van der Waals surface area contributed by atoms with Crippen LogP contribution in [-0.2, 0) is 10.3 Å². The number of benzene rings is 1. The maximum atomic E-state index is 5.55. The van der Waals surface area contributed by atoms with E-state index in [9.17, 15) is 0 Å². The molecule has 0 saturated carbocycles. The SMILES string of the molecule is COC(C)(C)c1cccc(C2CCNCC2)c1. The zero-order valence-corrected chi connectivity index (χ0v) is 11.1. The topological polar surface area (TPSA) is 21.3 Å². The minimum Gasteiger partial charge on any atom is -0.374 e. The Morgan fingerprint density at radius 2 is 1.94 bits per heavy atom. The van der Waals surface area contributed by atoms with Crippen LogP contribution < -0.4 is 5.32 Å². The Balaban J connectivity index is 2.21. The Hall–Kier alpha value is -0.860. The van der Waals surface area contributed by atoms with Crippen molar-refractivity contribution in [2.24, 2.45) is 0 Å². The van der Waals surface area contributed by atoms with E-state index in [1.807, 2.05) is 0 Å². The number of ether oxygens (including phenoxy) is 1. The Labute approximate surface area is 104 Å². The average molecular weight is 233 g/mol. The number of hydrogen-bond donors (Lipinski definition) is 1. The molecule has 1 aromatic rings. The Bertz CT molecular complexity index is 367. The summed E-state index contributed by atoms with van der Waals surface area (Å²) in [6.07, 6.45) is 2.49. The second kappa shape index (κ2) is 5.19. The third kappa shape index (κ3) is 2.88. The standard InChI is InChI=1S/C15H23NO/c1-15(2,17-3)14-6-4-5-13(11-14)12-7-9-16-10-8-12/h4-6,11-12,16H,7-10H2,1-3H3. The van der Waals surface area contributed by atoms with Gasteiger partial charge in [-0.15, -0.1) is 0 Å². The lowest BCUT2D eigenvalue weighted by Crippen LogP contribution is -2.27. The fourth-order valence-corrected chi connectivity index (χ4v) is 2.44. The highest BCUT2D eigenvalue weighted by atomic mass is 16.5. The van der Waals surface area contributed by atoms with Gasteiger partial charge in [0.05, 0.1) is 5.60 Å². The van der Waals surface area contributed by atoms with Gasteiger partial charge in [-0.25, -0.2) is 0 Å². The van der Waals surface area contributed by atoms with E-state index in [-0.39, 0.29) is 5.60 Å². The highest BCUT2D eigenvalue weighted by Crippen LogP contribution is 2.30. The van der Waals surface area contributed by atoms with Gasteiger partial charge >= 0.3 is 0 Å². The molecule has 0 aromatic heterocycles. The van der Waals surface area contributed by atoms with E-state index in [0.717, 1.165) is 13.1 Å². The summed E-state index contributed by atoms with van der Waals surface area (Å²) < 4.78 is 5.55. The van der Waals surface area contributed by atoms with Crippen LogP contribution in [0.25, 0.3) is 0 Å². The van der Waals surface area contributed by atoms with Crippen molar-refractivity contribution in [3.8, 4) is 0 Å². The van der Waals surface area contributed by atoms with Gasteiger partial charge in [-0.05, 0) is 56.8 Å². The fourth-order valence-electron chi connectivity index (χ4n) is 2.44. The Morgan fingerprint density at radius 1 is 1.24 bits per heavy atom. The molecule has 0 aliphatic carbocycles. The van der Waals surface area contributed by atoms with Crippen molar-refractivity contribution >= 4 is 0 Å². The van der Waals surface area contributed by atoms with Crippen LogP contribution in [0, 0.1) is 0 Å². The molecule has 94 valence electrons. The van der Waals surface area contributed by atoms with E-state index in [4.69, 9.17) is 4.74 Å². The van der Waals surface area contributed by atoms with Gasteiger partial charge in [0.1, 0.15) is 0 Å². The molecular formula is C15H23NO. The highest BCUT2D eigenvalue weighted by molar-refractivity contribution is 5.30. The number of piperidine rings is 1. The number of nitrogens with one attached hydrogen (secondary N) is 1. The third-order valence-corrected chi connectivity index (χ3v) is 3.90. The van der Waals surface area contributed by atoms with Gasteiger partial charge in [0, 0.05) is 7.11 Å². The molecule has 1 aliphatic heterocycles. The number of hydrogen-bond acceptors (Lipinski definition) is 2. The molecule has 2 rings (SSSR count). The molecule has 0 unspecified atom stereocenters. The Morgan fingerprint density at radius 3 is 2.59 bits per heavy atom. The molecular weight excluding hydrogens is 210 g/mol. The average Bonchev–Trinajstić information content (AvgIpc) is 2.40. The molecule has 2 heteroatoms. The molecule has 0 radical (unpaired) electrons. The first-order chi connectivity index (χ1) is 8.13. The normalized spacial score (nSPS) is 18.3. The van der Waals surface area contributed by atoms with Gasteiger partial charge in [0.2, 0.25) is 0 Å². The minimum absolute atomic E-state index is 0.192.